The quantitative estimate of drug-likeness (QED) is 0.296. The molecule has 0 aliphatic heterocycles. The zero-order chi connectivity index (χ0) is 27.4. The van der Waals surface area contributed by atoms with Gasteiger partial charge in [-0.15, -0.1) is 0 Å². The van der Waals surface area contributed by atoms with E-state index in [1.165, 1.54) is 5.57 Å². The van der Waals surface area contributed by atoms with E-state index in [1.807, 2.05) is 0 Å². The molecule has 5 rings (SSSR count). The Bertz CT molecular complexity index is 1120. The second kappa shape index (κ2) is 8.06. The molecule has 2 N–H and O–H groups in total. The molecule has 7 heteroatoms. The minimum Gasteiger partial charge on any atom is -0.481 e. The zero-order valence-corrected chi connectivity index (χ0v) is 24.7. The standard InChI is InChI=1S/C30H48O6S/c1-25(2)14-16-30(24(31)32)17-15-28(6)19(20(30)18-25)8-9-22-27(5)12-11-23(36-37(33,34)35)26(3,4)21(27)10-13-29(22,28)7/h8,20-23H,9-18H2,1-7H3,(H,31,32)(H,33,34,35)/t20-,21-,22?,23-,27-,28+,29+,30-/m0/s1. The Morgan fingerprint density at radius 2 is 1.57 bits per heavy atom. The first-order chi connectivity index (χ1) is 16.8. The van der Waals surface area contributed by atoms with Crippen molar-refractivity contribution in [3.8, 4) is 0 Å². The maximum atomic E-state index is 12.8. The van der Waals surface area contributed by atoms with Crippen LogP contribution in [0.25, 0.3) is 0 Å². The van der Waals surface area contributed by atoms with Crippen molar-refractivity contribution in [2.45, 2.75) is 119 Å². The van der Waals surface area contributed by atoms with Crippen molar-refractivity contribution >= 4 is 16.4 Å². The molecule has 5 aliphatic rings. The van der Waals surface area contributed by atoms with Gasteiger partial charge in [0.15, 0.2) is 0 Å². The van der Waals surface area contributed by atoms with E-state index in [1.54, 1.807) is 0 Å². The Morgan fingerprint density at radius 3 is 2.19 bits per heavy atom. The second-order valence-corrected chi connectivity index (χ2v) is 16.6. The third-order valence-electron chi connectivity index (χ3n) is 13.2. The number of allylic oxidation sites excluding steroid dienone is 2. The molecule has 0 heterocycles. The van der Waals surface area contributed by atoms with Crippen LogP contribution in [-0.4, -0.2) is 30.2 Å². The molecule has 0 aromatic rings. The first kappa shape index (κ1) is 27.6. The van der Waals surface area contributed by atoms with E-state index in [9.17, 15) is 22.9 Å². The lowest BCUT2D eigenvalue weighted by molar-refractivity contribution is -0.202. The van der Waals surface area contributed by atoms with Crippen molar-refractivity contribution in [3.63, 3.8) is 0 Å². The summed E-state index contributed by atoms with van der Waals surface area (Å²) in [5.74, 6) is 0.226. The van der Waals surface area contributed by atoms with E-state index >= 15 is 0 Å². The fraction of sp³-hybridized carbons (Fsp3) is 0.900. The van der Waals surface area contributed by atoms with Crippen molar-refractivity contribution < 1.29 is 27.1 Å². The summed E-state index contributed by atoms with van der Waals surface area (Å²) in [5.41, 5.74) is 0.616. The Balaban J connectivity index is 1.55. The van der Waals surface area contributed by atoms with Crippen molar-refractivity contribution in [2.75, 3.05) is 0 Å². The van der Waals surface area contributed by atoms with Gasteiger partial charge in [0.05, 0.1) is 11.5 Å². The van der Waals surface area contributed by atoms with Gasteiger partial charge in [-0.2, -0.15) is 8.42 Å². The van der Waals surface area contributed by atoms with E-state index in [0.717, 1.165) is 57.8 Å². The number of hydrogen-bond acceptors (Lipinski definition) is 4. The summed E-state index contributed by atoms with van der Waals surface area (Å²) in [4.78, 5) is 12.8. The first-order valence-corrected chi connectivity index (χ1v) is 15.8. The molecule has 0 aromatic heterocycles. The van der Waals surface area contributed by atoms with Crippen LogP contribution in [0.5, 0.6) is 0 Å². The summed E-state index contributed by atoms with van der Waals surface area (Å²) in [5, 5.41) is 10.5. The first-order valence-electron chi connectivity index (χ1n) is 14.4. The van der Waals surface area contributed by atoms with Crippen LogP contribution in [0, 0.1) is 50.2 Å². The van der Waals surface area contributed by atoms with Gasteiger partial charge in [-0.05, 0) is 109 Å². The lowest BCUT2D eigenvalue weighted by atomic mass is 9.33. The van der Waals surface area contributed by atoms with Crippen LogP contribution >= 0.6 is 0 Å². The van der Waals surface area contributed by atoms with Gasteiger partial charge in [-0.25, -0.2) is 4.18 Å². The third kappa shape index (κ3) is 3.76. The second-order valence-electron chi connectivity index (χ2n) is 15.5. The Morgan fingerprint density at radius 1 is 0.919 bits per heavy atom. The number of fused-ring (bicyclic) bond motifs is 7. The lowest BCUT2D eigenvalue weighted by Crippen LogP contribution is -2.65. The molecule has 8 atom stereocenters. The molecule has 37 heavy (non-hydrogen) atoms. The molecule has 4 saturated carbocycles. The fourth-order valence-corrected chi connectivity index (χ4v) is 11.6. The maximum Gasteiger partial charge on any atom is 0.397 e. The van der Waals surface area contributed by atoms with Gasteiger partial charge < -0.3 is 5.11 Å². The smallest absolute Gasteiger partial charge is 0.397 e. The van der Waals surface area contributed by atoms with E-state index in [4.69, 9.17) is 4.18 Å². The van der Waals surface area contributed by atoms with Gasteiger partial charge in [0.25, 0.3) is 0 Å². The number of rotatable bonds is 3. The van der Waals surface area contributed by atoms with Crippen molar-refractivity contribution in [3.05, 3.63) is 11.6 Å². The van der Waals surface area contributed by atoms with Crippen LogP contribution in [0.1, 0.15) is 113 Å². The average Bonchev–Trinajstić information content (AvgIpc) is 2.75. The Kier molecular flexibility index (Phi) is 6.02. The predicted octanol–water partition coefficient (Wildman–Crippen LogP) is 7.06. The molecule has 0 amide bonds. The Hall–Kier alpha value is -0.920. The highest BCUT2D eigenvalue weighted by Crippen LogP contribution is 2.75. The highest BCUT2D eigenvalue weighted by atomic mass is 32.3. The van der Waals surface area contributed by atoms with E-state index < -0.39 is 27.9 Å². The molecule has 5 aliphatic carbocycles. The molecule has 0 spiro atoms. The van der Waals surface area contributed by atoms with Crippen LogP contribution in [0.2, 0.25) is 0 Å². The monoisotopic (exact) mass is 536 g/mol. The molecular formula is C30H48O6S. The zero-order valence-electron chi connectivity index (χ0n) is 23.9. The van der Waals surface area contributed by atoms with Crippen LogP contribution in [-0.2, 0) is 19.4 Å². The molecule has 210 valence electrons. The minimum atomic E-state index is -4.50. The molecule has 6 nitrogen and oxygen atoms in total. The number of hydrogen-bond donors (Lipinski definition) is 2. The summed E-state index contributed by atoms with van der Waals surface area (Å²) in [6, 6.07) is 0. The molecule has 1 unspecified atom stereocenters. The van der Waals surface area contributed by atoms with Crippen molar-refractivity contribution in [1.82, 2.24) is 0 Å². The normalized spacial score (nSPS) is 48.5. The maximum absolute atomic E-state index is 12.8. The predicted molar refractivity (Wildman–Crippen MR) is 143 cm³/mol. The van der Waals surface area contributed by atoms with Crippen LogP contribution in [0.15, 0.2) is 11.6 Å². The SMILES string of the molecule is CC1(C)CC[C@]2(C(=O)O)CC[C@]3(C)C(=CCC4[C@@]5(C)CC[C@H](OS(=O)(=O)O)C(C)(C)[C@@H]5CC[C@]43C)[C@@H]2C1. The number of carboxylic acids is 1. The van der Waals surface area contributed by atoms with E-state index in [0.29, 0.717) is 12.3 Å². The van der Waals surface area contributed by atoms with Gasteiger partial charge in [0.2, 0.25) is 0 Å². The molecule has 4 fully saturated rings. The third-order valence-corrected chi connectivity index (χ3v) is 13.7. The Labute approximate surface area is 224 Å². The average molecular weight is 537 g/mol. The molecule has 0 bridgehead atoms. The van der Waals surface area contributed by atoms with Gasteiger partial charge in [0, 0.05) is 0 Å². The van der Waals surface area contributed by atoms with Crippen molar-refractivity contribution in [2.24, 2.45) is 50.2 Å². The van der Waals surface area contributed by atoms with E-state index in [-0.39, 0.29) is 38.9 Å². The van der Waals surface area contributed by atoms with Crippen LogP contribution < -0.4 is 0 Å². The van der Waals surface area contributed by atoms with Gasteiger partial charge in [0.1, 0.15) is 0 Å². The van der Waals surface area contributed by atoms with Crippen LogP contribution in [0.4, 0.5) is 0 Å². The van der Waals surface area contributed by atoms with Crippen molar-refractivity contribution in [1.29, 1.82) is 0 Å². The fourth-order valence-electron chi connectivity index (χ4n) is 10.9. The highest BCUT2D eigenvalue weighted by molar-refractivity contribution is 7.80. The highest BCUT2D eigenvalue weighted by Gasteiger charge is 2.69. The molecule has 0 radical (unpaired) electrons. The van der Waals surface area contributed by atoms with E-state index in [2.05, 4.69) is 54.5 Å². The summed E-state index contributed by atoms with van der Waals surface area (Å²) >= 11 is 0. The molecular weight excluding hydrogens is 488 g/mol. The number of carboxylic acid groups (broad SMARTS) is 1. The minimum absolute atomic E-state index is 0.0216. The molecule has 0 aromatic carbocycles. The van der Waals surface area contributed by atoms with Gasteiger partial charge in [-0.3, -0.25) is 9.35 Å². The molecule has 0 saturated heterocycles. The summed E-state index contributed by atoms with van der Waals surface area (Å²) in [7, 11) is -4.50. The lowest BCUT2D eigenvalue weighted by Gasteiger charge is -2.71. The number of aliphatic carboxylic acids is 1. The van der Waals surface area contributed by atoms with Gasteiger partial charge >= 0.3 is 16.4 Å². The summed E-state index contributed by atoms with van der Waals surface area (Å²) < 4.78 is 37.9. The topological polar surface area (TPSA) is 101 Å². The largest absolute Gasteiger partial charge is 0.481 e. The van der Waals surface area contributed by atoms with Gasteiger partial charge in [-0.1, -0.05) is 60.1 Å². The number of carbonyl (C=O) groups is 1. The summed E-state index contributed by atoms with van der Waals surface area (Å²) in [6.07, 6.45) is 10.8. The summed E-state index contributed by atoms with van der Waals surface area (Å²) in [6.45, 7) is 16.2. The van der Waals surface area contributed by atoms with Crippen LogP contribution in [0.3, 0.4) is 0 Å².